The van der Waals surface area contributed by atoms with E-state index in [1.54, 1.807) is 0 Å². The summed E-state index contributed by atoms with van der Waals surface area (Å²) in [5.74, 6) is -0.304. The molecule has 0 aromatic carbocycles. The monoisotopic (exact) mass is 229 g/mol. The van der Waals surface area contributed by atoms with Gasteiger partial charge in [0.1, 0.15) is 5.84 Å². The molecule has 0 aromatic heterocycles. The number of nitrogens with two attached hydrogens (primary N) is 1. The quantitative estimate of drug-likeness (QED) is 0.279. The Morgan fingerprint density at radius 2 is 2.38 bits per heavy atom. The molecule has 0 radical (unpaired) electrons. The first-order chi connectivity index (χ1) is 7.43. The van der Waals surface area contributed by atoms with Gasteiger partial charge in [-0.25, -0.2) is 0 Å². The summed E-state index contributed by atoms with van der Waals surface area (Å²) in [4.78, 5) is 11.5. The summed E-state index contributed by atoms with van der Waals surface area (Å²) in [6, 6.07) is 0.0998. The third-order valence-corrected chi connectivity index (χ3v) is 2.53. The van der Waals surface area contributed by atoms with Gasteiger partial charge < -0.3 is 21.0 Å². The summed E-state index contributed by atoms with van der Waals surface area (Å²) < 4.78 is 5.54. The summed E-state index contributed by atoms with van der Waals surface area (Å²) in [5, 5.41) is 13.9. The SMILES string of the molecule is CC1(C)CC(NC(=O)CC(N)=NO)CCO1. The van der Waals surface area contributed by atoms with E-state index >= 15 is 0 Å². The molecule has 92 valence electrons. The van der Waals surface area contributed by atoms with E-state index < -0.39 is 0 Å². The van der Waals surface area contributed by atoms with Gasteiger partial charge in [0.25, 0.3) is 0 Å². The van der Waals surface area contributed by atoms with Gasteiger partial charge in [0.15, 0.2) is 0 Å². The van der Waals surface area contributed by atoms with Crippen LogP contribution in [0.3, 0.4) is 0 Å². The van der Waals surface area contributed by atoms with Gasteiger partial charge in [-0.2, -0.15) is 0 Å². The number of amides is 1. The second-order valence-corrected chi connectivity index (χ2v) is 4.63. The van der Waals surface area contributed by atoms with E-state index in [0.29, 0.717) is 6.61 Å². The van der Waals surface area contributed by atoms with Crippen molar-refractivity contribution in [2.45, 2.75) is 44.8 Å². The lowest BCUT2D eigenvalue weighted by molar-refractivity contribution is -0.122. The van der Waals surface area contributed by atoms with Crippen molar-refractivity contribution < 1.29 is 14.7 Å². The summed E-state index contributed by atoms with van der Waals surface area (Å²) in [6.07, 6.45) is 1.49. The number of hydrogen-bond donors (Lipinski definition) is 3. The molecular formula is C10H19N3O3. The van der Waals surface area contributed by atoms with Crippen molar-refractivity contribution in [3.63, 3.8) is 0 Å². The lowest BCUT2D eigenvalue weighted by Crippen LogP contribution is -2.46. The molecular weight excluding hydrogens is 210 g/mol. The summed E-state index contributed by atoms with van der Waals surface area (Å²) in [6.45, 7) is 4.63. The fraction of sp³-hybridized carbons (Fsp3) is 0.800. The molecule has 0 bridgehead atoms. The Balaban J connectivity index is 2.39. The lowest BCUT2D eigenvalue weighted by Gasteiger charge is -2.35. The number of rotatable bonds is 3. The minimum atomic E-state index is -0.224. The predicted octanol–water partition coefficient (Wildman–Crippen LogP) is 0.197. The van der Waals surface area contributed by atoms with Crippen LogP contribution in [0.2, 0.25) is 0 Å². The van der Waals surface area contributed by atoms with Crippen LogP contribution in [0.15, 0.2) is 5.16 Å². The van der Waals surface area contributed by atoms with E-state index in [1.807, 2.05) is 13.8 Å². The van der Waals surface area contributed by atoms with Crippen molar-refractivity contribution in [3.05, 3.63) is 0 Å². The standard InChI is InChI=1S/C10H19N3O3/c1-10(2)6-7(3-4-16-10)12-9(14)5-8(11)13-15/h7,15H,3-6H2,1-2H3,(H2,11,13)(H,12,14). The minimum Gasteiger partial charge on any atom is -0.409 e. The largest absolute Gasteiger partial charge is 0.409 e. The van der Waals surface area contributed by atoms with Gasteiger partial charge in [0.2, 0.25) is 5.91 Å². The van der Waals surface area contributed by atoms with Crippen molar-refractivity contribution in [3.8, 4) is 0 Å². The fourth-order valence-corrected chi connectivity index (χ4v) is 1.83. The van der Waals surface area contributed by atoms with Crippen LogP contribution in [0, 0.1) is 0 Å². The van der Waals surface area contributed by atoms with Crippen molar-refractivity contribution >= 4 is 11.7 Å². The highest BCUT2D eigenvalue weighted by molar-refractivity contribution is 5.98. The summed E-state index contributed by atoms with van der Waals surface area (Å²) >= 11 is 0. The van der Waals surface area contributed by atoms with E-state index in [9.17, 15) is 4.79 Å². The van der Waals surface area contributed by atoms with Gasteiger partial charge in [0, 0.05) is 12.6 Å². The van der Waals surface area contributed by atoms with Gasteiger partial charge >= 0.3 is 0 Å². The number of amidine groups is 1. The summed E-state index contributed by atoms with van der Waals surface area (Å²) in [5.41, 5.74) is 5.05. The molecule has 6 heteroatoms. The average molecular weight is 229 g/mol. The Kier molecular flexibility index (Phi) is 4.12. The van der Waals surface area contributed by atoms with E-state index in [4.69, 9.17) is 15.7 Å². The van der Waals surface area contributed by atoms with E-state index in [2.05, 4.69) is 10.5 Å². The van der Waals surface area contributed by atoms with E-state index in [1.165, 1.54) is 0 Å². The van der Waals surface area contributed by atoms with Crippen LogP contribution in [0.5, 0.6) is 0 Å². The molecule has 16 heavy (non-hydrogen) atoms. The maximum absolute atomic E-state index is 11.5. The van der Waals surface area contributed by atoms with Gasteiger partial charge in [-0.05, 0) is 26.7 Å². The van der Waals surface area contributed by atoms with Crippen molar-refractivity contribution in [2.24, 2.45) is 10.9 Å². The molecule has 1 heterocycles. The maximum Gasteiger partial charge on any atom is 0.227 e. The molecule has 4 N–H and O–H groups in total. The van der Waals surface area contributed by atoms with Crippen LogP contribution in [0.4, 0.5) is 0 Å². The molecule has 1 atom stereocenters. The Hall–Kier alpha value is -1.30. The molecule has 1 aliphatic heterocycles. The molecule has 6 nitrogen and oxygen atoms in total. The van der Waals surface area contributed by atoms with Crippen LogP contribution >= 0.6 is 0 Å². The number of carbonyl (C=O) groups is 1. The van der Waals surface area contributed by atoms with E-state index in [0.717, 1.165) is 12.8 Å². The Morgan fingerprint density at radius 1 is 1.69 bits per heavy atom. The maximum atomic E-state index is 11.5. The third kappa shape index (κ3) is 4.06. The highest BCUT2D eigenvalue weighted by atomic mass is 16.5. The molecule has 1 rings (SSSR count). The fourth-order valence-electron chi connectivity index (χ4n) is 1.83. The molecule has 1 saturated heterocycles. The molecule has 1 aliphatic rings. The Morgan fingerprint density at radius 3 is 2.94 bits per heavy atom. The van der Waals surface area contributed by atoms with Gasteiger partial charge in [-0.1, -0.05) is 5.16 Å². The van der Waals surface area contributed by atoms with Crippen LogP contribution < -0.4 is 11.1 Å². The minimum absolute atomic E-state index is 0.0751. The first-order valence-corrected chi connectivity index (χ1v) is 5.33. The molecule has 0 aliphatic carbocycles. The number of nitrogens with one attached hydrogen (secondary N) is 1. The van der Waals surface area contributed by atoms with Crippen LogP contribution in [-0.4, -0.2) is 35.2 Å². The molecule has 0 saturated carbocycles. The van der Waals surface area contributed by atoms with Crippen LogP contribution in [-0.2, 0) is 9.53 Å². The lowest BCUT2D eigenvalue weighted by atomic mass is 9.94. The number of ether oxygens (including phenoxy) is 1. The second-order valence-electron chi connectivity index (χ2n) is 4.63. The average Bonchev–Trinajstić information content (AvgIpc) is 2.15. The van der Waals surface area contributed by atoms with Gasteiger partial charge in [-0.3, -0.25) is 4.79 Å². The van der Waals surface area contributed by atoms with Crippen LogP contribution in [0.1, 0.15) is 33.1 Å². The smallest absolute Gasteiger partial charge is 0.227 e. The third-order valence-electron chi connectivity index (χ3n) is 2.53. The first kappa shape index (κ1) is 12.8. The van der Waals surface area contributed by atoms with E-state index in [-0.39, 0.29) is 29.8 Å². The number of nitrogens with zero attached hydrogens (tertiary/aromatic N) is 1. The zero-order chi connectivity index (χ0) is 12.2. The first-order valence-electron chi connectivity index (χ1n) is 5.33. The van der Waals surface area contributed by atoms with Crippen molar-refractivity contribution in [2.75, 3.05) is 6.61 Å². The Labute approximate surface area is 94.8 Å². The van der Waals surface area contributed by atoms with Crippen molar-refractivity contribution in [1.29, 1.82) is 0 Å². The highest BCUT2D eigenvalue weighted by Crippen LogP contribution is 2.23. The van der Waals surface area contributed by atoms with Crippen molar-refractivity contribution in [1.82, 2.24) is 5.32 Å². The molecule has 1 amide bonds. The molecule has 0 spiro atoms. The van der Waals surface area contributed by atoms with Gasteiger partial charge in [0.05, 0.1) is 12.0 Å². The zero-order valence-electron chi connectivity index (χ0n) is 9.69. The predicted molar refractivity (Wildman–Crippen MR) is 59.2 cm³/mol. The topological polar surface area (TPSA) is 96.9 Å². The number of hydrogen-bond acceptors (Lipinski definition) is 4. The molecule has 0 aromatic rings. The molecule has 1 unspecified atom stereocenters. The number of carbonyl (C=O) groups excluding carboxylic acids is 1. The summed E-state index contributed by atoms with van der Waals surface area (Å²) in [7, 11) is 0. The normalized spacial score (nSPS) is 25.1. The molecule has 1 fully saturated rings. The Bertz CT molecular complexity index is 289. The number of oxime groups is 1. The highest BCUT2D eigenvalue weighted by Gasteiger charge is 2.29. The van der Waals surface area contributed by atoms with Crippen LogP contribution in [0.25, 0.3) is 0 Å². The zero-order valence-corrected chi connectivity index (χ0v) is 9.69. The van der Waals surface area contributed by atoms with Gasteiger partial charge in [-0.15, -0.1) is 0 Å². The second kappa shape index (κ2) is 5.16.